The molecule has 1 atom stereocenters. The third-order valence-electron chi connectivity index (χ3n) is 4.39. The van der Waals surface area contributed by atoms with Gasteiger partial charge in [-0.05, 0) is 43.2 Å². The minimum Gasteiger partial charge on any atom is -0.475 e. The summed E-state index contributed by atoms with van der Waals surface area (Å²) in [6.07, 6.45) is 1.21. The number of ether oxygens (including phenoxy) is 1. The van der Waals surface area contributed by atoms with Gasteiger partial charge in [-0.15, -0.1) is 0 Å². The zero-order valence-corrected chi connectivity index (χ0v) is 14.6. The maximum absolute atomic E-state index is 12.3. The molecule has 0 aliphatic carbocycles. The van der Waals surface area contributed by atoms with E-state index >= 15 is 0 Å². The third-order valence-corrected chi connectivity index (χ3v) is 4.39. The van der Waals surface area contributed by atoms with Gasteiger partial charge in [0.05, 0.1) is 12.6 Å². The van der Waals surface area contributed by atoms with Crippen LogP contribution in [0.25, 0.3) is 5.57 Å². The molecule has 1 aromatic heterocycles. The molecule has 0 bridgehead atoms. The second-order valence-corrected chi connectivity index (χ2v) is 6.37. The highest BCUT2D eigenvalue weighted by Crippen LogP contribution is 2.28. The van der Waals surface area contributed by atoms with E-state index in [0.29, 0.717) is 18.8 Å². The Morgan fingerprint density at radius 1 is 1.31 bits per heavy atom. The lowest BCUT2D eigenvalue weighted by Crippen LogP contribution is -2.36. The van der Waals surface area contributed by atoms with Gasteiger partial charge in [0.2, 0.25) is 11.7 Å². The summed E-state index contributed by atoms with van der Waals surface area (Å²) in [7, 11) is 0. The predicted molar refractivity (Wildman–Crippen MR) is 97.0 cm³/mol. The number of aromatic carboxylic acids is 1. The number of carbonyl (C=O) groups is 2. The first-order chi connectivity index (χ1) is 12.5. The van der Waals surface area contributed by atoms with E-state index in [4.69, 9.17) is 14.3 Å². The van der Waals surface area contributed by atoms with Crippen molar-refractivity contribution in [2.24, 2.45) is 0 Å². The highest BCUT2D eigenvalue weighted by molar-refractivity contribution is 5.96. The third kappa shape index (κ3) is 3.86. The molecule has 0 spiro atoms. The first-order valence-electron chi connectivity index (χ1n) is 8.43. The van der Waals surface area contributed by atoms with Gasteiger partial charge in [0.25, 0.3) is 0 Å². The van der Waals surface area contributed by atoms with Gasteiger partial charge in [-0.2, -0.15) is 0 Å². The standard InChI is InChI=1S/C20H21NO5/c1-13(2)14-3-5-15(6-4-14)21-16(7-10-19(21)22)11-25-12-17-8-9-18(26-17)20(23)24/h3-6,8-9,16H,1,7,10-12H2,2H3,(H,23,24)/t16-/m1/s1. The highest BCUT2D eigenvalue weighted by atomic mass is 16.5. The predicted octanol–water partition coefficient (Wildman–Crippen LogP) is 3.72. The molecule has 1 saturated heterocycles. The van der Waals surface area contributed by atoms with Gasteiger partial charge >= 0.3 is 5.97 Å². The Hall–Kier alpha value is -2.86. The van der Waals surface area contributed by atoms with Crippen molar-refractivity contribution in [2.45, 2.75) is 32.4 Å². The van der Waals surface area contributed by atoms with E-state index < -0.39 is 5.97 Å². The van der Waals surface area contributed by atoms with E-state index in [1.165, 1.54) is 6.07 Å². The van der Waals surface area contributed by atoms with Gasteiger partial charge < -0.3 is 19.2 Å². The van der Waals surface area contributed by atoms with Crippen LogP contribution in [-0.4, -0.2) is 29.6 Å². The van der Waals surface area contributed by atoms with E-state index in [9.17, 15) is 9.59 Å². The summed E-state index contributed by atoms with van der Waals surface area (Å²) in [4.78, 5) is 24.9. The molecule has 0 unspecified atom stereocenters. The zero-order valence-electron chi connectivity index (χ0n) is 14.6. The SMILES string of the molecule is C=C(C)c1ccc(N2C(=O)CC[C@@H]2COCc2ccc(C(=O)O)o2)cc1. The van der Waals surface area contributed by atoms with Crippen molar-refractivity contribution in [3.05, 3.63) is 60.1 Å². The van der Waals surface area contributed by atoms with Crippen molar-refractivity contribution in [3.8, 4) is 0 Å². The molecule has 1 aromatic carbocycles. The molecule has 1 N–H and O–H groups in total. The molecule has 2 aromatic rings. The Bertz CT molecular complexity index is 821. The lowest BCUT2D eigenvalue weighted by Gasteiger charge is -2.25. The summed E-state index contributed by atoms with van der Waals surface area (Å²) < 4.78 is 10.8. The smallest absolute Gasteiger partial charge is 0.371 e. The van der Waals surface area contributed by atoms with Crippen LogP contribution in [0.4, 0.5) is 5.69 Å². The van der Waals surface area contributed by atoms with Crippen LogP contribution in [0, 0.1) is 0 Å². The molecule has 1 fully saturated rings. The first-order valence-corrected chi connectivity index (χ1v) is 8.43. The average molecular weight is 355 g/mol. The summed E-state index contributed by atoms with van der Waals surface area (Å²) in [5.41, 5.74) is 2.86. The normalized spacial score (nSPS) is 16.9. The number of carboxylic acid groups (broad SMARTS) is 1. The second-order valence-electron chi connectivity index (χ2n) is 6.37. The van der Waals surface area contributed by atoms with Crippen molar-refractivity contribution in [3.63, 3.8) is 0 Å². The van der Waals surface area contributed by atoms with E-state index in [1.54, 1.807) is 11.0 Å². The van der Waals surface area contributed by atoms with Gasteiger partial charge in [0, 0.05) is 12.1 Å². The summed E-state index contributed by atoms with van der Waals surface area (Å²) in [5, 5.41) is 8.86. The Kier molecular flexibility index (Phi) is 5.23. The Balaban J connectivity index is 1.62. The molecule has 26 heavy (non-hydrogen) atoms. The quantitative estimate of drug-likeness (QED) is 0.819. The molecule has 2 heterocycles. The van der Waals surface area contributed by atoms with Crippen LogP contribution in [0.3, 0.4) is 0 Å². The van der Waals surface area contributed by atoms with Crippen LogP contribution in [0.1, 0.15) is 41.6 Å². The number of hydrogen-bond donors (Lipinski definition) is 1. The molecular formula is C20H21NO5. The number of allylic oxidation sites excluding steroid dienone is 1. The van der Waals surface area contributed by atoms with Gasteiger partial charge in [-0.3, -0.25) is 4.79 Å². The largest absolute Gasteiger partial charge is 0.475 e. The van der Waals surface area contributed by atoms with E-state index in [-0.39, 0.29) is 24.3 Å². The molecule has 136 valence electrons. The Labute approximate surface area is 151 Å². The highest BCUT2D eigenvalue weighted by Gasteiger charge is 2.32. The molecule has 1 amide bonds. The van der Waals surface area contributed by atoms with Crippen LogP contribution < -0.4 is 4.90 Å². The zero-order chi connectivity index (χ0) is 18.7. The van der Waals surface area contributed by atoms with Crippen molar-refractivity contribution in [2.75, 3.05) is 11.5 Å². The molecule has 1 aliphatic rings. The Morgan fingerprint density at radius 3 is 2.65 bits per heavy atom. The lowest BCUT2D eigenvalue weighted by atomic mass is 10.1. The minimum atomic E-state index is -1.11. The van der Waals surface area contributed by atoms with Gasteiger partial charge in [0.15, 0.2) is 0 Å². The van der Waals surface area contributed by atoms with E-state index in [2.05, 4.69) is 6.58 Å². The van der Waals surface area contributed by atoms with Crippen molar-refractivity contribution in [1.29, 1.82) is 0 Å². The van der Waals surface area contributed by atoms with Gasteiger partial charge in [0.1, 0.15) is 12.4 Å². The van der Waals surface area contributed by atoms with Crippen LogP contribution >= 0.6 is 0 Å². The Morgan fingerprint density at radius 2 is 2.04 bits per heavy atom. The van der Waals surface area contributed by atoms with Gasteiger partial charge in [-0.25, -0.2) is 4.79 Å². The molecule has 3 rings (SSSR count). The maximum atomic E-state index is 12.3. The number of carbonyl (C=O) groups excluding carboxylic acids is 1. The number of furan rings is 1. The number of benzene rings is 1. The van der Waals surface area contributed by atoms with Gasteiger partial charge in [-0.1, -0.05) is 24.3 Å². The summed E-state index contributed by atoms with van der Waals surface area (Å²) >= 11 is 0. The molecule has 6 nitrogen and oxygen atoms in total. The van der Waals surface area contributed by atoms with Crippen LogP contribution in [0.5, 0.6) is 0 Å². The van der Waals surface area contributed by atoms with E-state index in [1.807, 2.05) is 31.2 Å². The minimum absolute atomic E-state index is 0.0490. The maximum Gasteiger partial charge on any atom is 0.371 e. The lowest BCUT2D eigenvalue weighted by molar-refractivity contribution is -0.117. The fraction of sp³-hybridized carbons (Fsp3) is 0.300. The number of anilines is 1. The topological polar surface area (TPSA) is 80.0 Å². The molecule has 0 radical (unpaired) electrons. The average Bonchev–Trinajstić information content (AvgIpc) is 3.22. The van der Waals surface area contributed by atoms with Crippen molar-refractivity contribution < 1.29 is 23.8 Å². The van der Waals surface area contributed by atoms with Crippen molar-refractivity contribution in [1.82, 2.24) is 0 Å². The number of carboxylic acids is 1. The number of nitrogens with zero attached hydrogens (tertiary/aromatic N) is 1. The number of rotatable bonds is 7. The molecular weight excluding hydrogens is 334 g/mol. The number of hydrogen-bond acceptors (Lipinski definition) is 4. The molecule has 6 heteroatoms. The van der Waals surface area contributed by atoms with Crippen LogP contribution in [0.2, 0.25) is 0 Å². The van der Waals surface area contributed by atoms with E-state index in [0.717, 1.165) is 23.2 Å². The second kappa shape index (κ2) is 7.58. The number of amides is 1. The monoisotopic (exact) mass is 355 g/mol. The summed E-state index contributed by atoms with van der Waals surface area (Å²) in [5.74, 6) is -0.696. The summed E-state index contributed by atoms with van der Waals surface area (Å²) in [6.45, 7) is 6.39. The van der Waals surface area contributed by atoms with Crippen molar-refractivity contribution >= 4 is 23.1 Å². The molecule has 0 saturated carbocycles. The fourth-order valence-electron chi connectivity index (χ4n) is 3.03. The van der Waals surface area contributed by atoms with Crippen LogP contribution in [-0.2, 0) is 16.1 Å². The van der Waals surface area contributed by atoms with Crippen LogP contribution in [0.15, 0.2) is 47.4 Å². The molecule has 1 aliphatic heterocycles. The first kappa shape index (κ1) is 17.9. The summed E-state index contributed by atoms with van der Waals surface area (Å²) in [6, 6.07) is 10.7. The fourth-order valence-corrected chi connectivity index (χ4v) is 3.03.